The van der Waals surface area contributed by atoms with Crippen LogP contribution in [0.15, 0.2) is 12.1 Å². The molecule has 1 aliphatic heterocycles. The molecule has 3 unspecified atom stereocenters. The van der Waals surface area contributed by atoms with Gasteiger partial charge in [0.2, 0.25) is 5.91 Å². The topological polar surface area (TPSA) is 32.3 Å². The Kier molecular flexibility index (Phi) is 4.31. The summed E-state index contributed by atoms with van der Waals surface area (Å²) >= 11 is 1.78. The van der Waals surface area contributed by atoms with E-state index < -0.39 is 0 Å². The van der Waals surface area contributed by atoms with Gasteiger partial charge >= 0.3 is 0 Å². The highest BCUT2D eigenvalue weighted by molar-refractivity contribution is 7.12. The van der Waals surface area contributed by atoms with Crippen LogP contribution in [0.4, 0.5) is 0 Å². The smallest absolute Gasteiger partial charge is 0.241 e. The number of hydrogen-bond acceptors (Lipinski definition) is 3. The molecule has 106 valence electrons. The van der Waals surface area contributed by atoms with E-state index in [1.807, 2.05) is 6.92 Å². The molecule has 0 bridgehead atoms. The van der Waals surface area contributed by atoms with Gasteiger partial charge in [-0.25, -0.2) is 0 Å². The Balaban J connectivity index is 2.33. The summed E-state index contributed by atoms with van der Waals surface area (Å²) in [6, 6.07) is 4.49. The summed E-state index contributed by atoms with van der Waals surface area (Å²) in [5.74, 6) is 0.709. The first-order valence-corrected chi connectivity index (χ1v) is 7.91. The molecule has 1 saturated heterocycles. The van der Waals surface area contributed by atoms with Crippen molar-refractivity contribution in [2.24, 2.45) is 5.92 Å². The zero-order valence-corrected chi connectivity index (χ0v) is 13.3. The SMILES string of the molecule is CCC(C(C)C)N1C(=O)C(C)NC1c1ccc(C)s1. The Morgan fingerprint density at radius 2 is 2.11 bits per heavy atom. The fraction of sp³-hybridized carbons (Fsp3) is 0.667. The molecule has 1 fully saturated rings. The Labute approximate surface area is 120 Å². The average molecular weight is 280 g/mol. The third-order valence-electron chi connectivity index (χ3n) is 3.89. The maximum absolute atomic E-state index is 12.5. The Bertz CT molecular complexity index is 455. The number of nitrogens with zero attached hydrogens (tertiary/aromatic N) is 1. The van der Waals surface area contributed by atoms with Crippen LogP contribution in [0.1, 0.15) is 50.0 Å². The molecule has 0 aromatic carbocycles. The first-order chi connectivity index (χ1) is 8.95. The third kappa shape index (κ3) is 2.70. The lowest BCUT2D eigenvalue weighted by Crippen LogP contribution is -2.42. The van der Waals surface area contributed by atoms with Crippen molar-refractivity contribution in [1.82, 2.24) is 10.2 Å². The molecule has 2 heterocycles. The summed E-state index contributed by atoms with van der Waals surface area (Å²) in [7, 11) is 0. The number of hydrogen-bond donors (Lipinski definition) is 1. The second-order valence-electron chi connectivity index (χ2n) is 5.70. The predicted molar refractivity (Wildman–Crippen MR) is 80.2 cm³/mol. The van der Waals surface area contributed by atoms with Gasteiger partial charge in [0.25, 0.3) is 0 Å². The molecule has 1 aromatic rings. The zero-order valence-electron chi connectivity index (χ0n) is 12.4. The van der Waals surface area contributed by atoms with Gasteiger partial charge in [-0.2, -0.15) is 0 Å². The number of amides is 1. The highest BCUT2D eigenvalue weighted by atomic mass is 32.1. The van der Waals surface area contributed by atoms with Crippen molar-refractivity contribution in [1.29, 1.82) is 0 Å². The summed E-state index contributed by atoms with van der Waals surface area (Å²) in [6.07, 6.45) is 1.05. The largest absolute Gasteiger partial charge is 0.318 e. The van der Waals surface area contributed by atoms with Gasteiger partial charge in [-0.3, -0.25) is 10.1 Å². The van der Waals surface area contributed by atoms with Crippen molar-refractivity contribution in [3.05, 3.63) is 21.9 Å². The molecule has 1 aliphatic rings. The minimum atomic E-state index is -0.0831. The standard InChI is InChI=1S/C15H24N2OS/c1-6-12(9(2)3)17-14(16-11(5)15(17)18)13-8-7-10(4)19-13/h7-9,11-12,14,16H,6H2,1-5H3. The molecular weight excluding hydrogens is 256 g/mol. The van der Waals surface area contributed by atoms with E-state index in [2.05, 4.69) is 50.0 Å². The van der Waals surface area contributed by atoms with Gasteiger partial charge in [-0.05, 0) is 38.3 Å². The lowest BCUT2D eigenvalue weighted by molar-refractivity contribution is -0.133. The molecular formula is C15H24N2OS. The van der Waals surface area contributed by atoms with Gasteiger partial charge in [0, 0.05) is 15.8 Å². The summed E-state index contributed by atoms with van der Waals surface area (Å²) in [4.78, 5) is 17.1. The zero-order chi connectivity index (χ0) is 14.2. The fourth-order valence-corrected chi connectivity index (χ4v) is 3.84. The molecule has 19 heavy (non-hydrogen) atoms. The van der Waals surface area contributed by atoms with Crippen LogP contribution in [0.2, 0.25) is 0 Å². The van der Waals surface area contributed by atoms with Gasteiger partial charge in [0.1, 0.15) is 6.17 Å². The van der Waals surface area contributed by atoms with E-state index >= 15 is 0 Å². The van der Waals surface area contributed by atoms with E-state index in [9.17, 15) is 4.79 Å². The highest BCUT2D eigenvalue weighted by Gasteiger charge is 2.41. The van der Waals surface area contributed by atoms with Crippen LogP contribution < -0.4 is 5.32 Å². The maximum atomic E-state index is 12.5. The van der Waals surface area contributed by atoms with Gasteiger partial charge in [-0.1, -0.05) is 20.8 Å². The van der Waals surface area contributed by atoms with Gasteiger partial charge in [0.15, 0.2) is 0 Å². The summed E-state index contributed by atoms with van der Waals surface area (Å²) in [5, 5.41) is 3.44. The molecule has 4 heteroatoms. The van der Waals surface area contributed by atoms with E-state index in [1.165, 1.54) is 9.75 Å². The maximum Gasteiger partial charge on any atom is 0.241 e. The summed E-state index contributed by atoms with van der Waals surface area (Å²) < 4.78 is 0. The van der Waals surface area contributed by atoms with Crippen molar-refractivity contribution in [3.63, 3.8) is 0 Å². The lowest BCUT2D eigenvalue weighted by Gasteiger charge is -2.34. The fourth-order valence-electron chi connectivity index (χ4n) is 2.90. The van der Waals surface area contributed by atoms with Crippen LogP contribution in [0.5, 0.6) is 0 Å². The van der Waals surface area contributed by atoms with E-state index in [-0.39, 0.29) is 18.1 Å². The molecule has 0 aliphatic carbocycles. The van der Waals surface area contributed by atoms with E-state index in [0.717, 1.165) is 6.42 Å². The normalized spacial score (nSPS) is 25.4. The molecule has 1 N–H and O–H groups in total. The number of thiophene rings is 1. The van der Waals surface area contributed by atoms with Crippen molar-refractivity contribution in [2.75, 3.05) is 0 Å². The number of carbonyl (C=O) groups excluding carboxylic acids is 1. The number of carbonyl (C=O) groups is 1. The molecule has 0 saturated carbocycles. The molecule has 1 aromatic heterocycles. The minimum absolute atomic E-state index is 0.0496. The van der Waals surface area contributed by atoms with Crippen LogP contribution in [0.3, 0.4) is 0 Å². The van der Waals surface area contributed by atoms with Crippen molar-refractivity contribution >= 4 is 17.2 Å². The molecule has 3 nitrogen and oxygen atoms in total. The molecule has 0 radical (unpaired) electrons. The van der Waals surface area contributed by atoms with Gasteiger partial charge in [-0.15, -0.1) is 11.3 Å². The summed E-state index contributed by atoms with van der Waals surface area (Å²) in [6.45, 7) is 10.6. The van der Waals surface area contributed by atoms with Crippen molar-refractivity contribution in [3.8, 4) is 0 Å². The molecule has 3 atom stereocenters. The quantitative estimate of drug-likeness (QED) is 0.917. The van der Waals surface area contributed by atoms with Crippen LogP contribution >= 0.6 is 11.3 Å². The van der Waals surface area contributed by atoms with E-state index in [0.29, 0.717) is 12.0 Å². The Morgan fingerprint density at radius 3 is 2.58 bits per heavy atom. The Morgan fingerprint density at radius 1 is 1.42 bits per heavy atom. The number of rotatable bonds is 4. The molecule has 0 spiro atoms. The Hall–Kier alpha value is -0.870. The van der Waals surface area contributed by atoms with Crippen molar-refractivity contribution < 1.29 is 4.79 Å². The van der Waals surface area contributed by atoms with Crippen LogP contribution in [0, 0.1) is 12.8 Å². The second-order valence-corrected chi connectivity index (χ2v) is 7.02. The van der Waals surface area contributed by atoms with Crippen LogP contribution in [-0.2, 0) is 4.79 Å². The third-order valence-corrected chi connectivity index (χ3v) is 4.94. The lowest BCUT2D eigenvalue weighted by atomic mass is 9.99. The van der Waals surface area contributed by atoms with Crippen LogP contribution in [-0.4, -0.2) is 22.9 Å². The monoisotopic (exact) mass is 280 g/mol. The highest BCUT2D eigenvalue weighted by Crippen LogP contribution is 2.34. The first kappa shape index (κ1) is 14.5. The van der Waals surface area contributed by atoms with E-state index in [4.69, 9.17) is 0 Å². The average Bonchev–Trinajstić information content (AvgIpc) is 2.88. The number of nitrogens with one attached hydrogen (secondary N) is 1. The van der Waals surface area contributed by atoms with Gasteiger partial charge in [0.05, 0.1) is 6.04 Å². The van der Waals surface area contributed by atoms with E-state index in [1.54, 1.807) is 11.3 Å². The summed E-state index contributed by atoms with van der Waals surface area (Å²) in [5.41, 5.74) is 0. The predicted octanol–water partition coefficient (Wildman–Crippen LogP) is 3.31. The molecule has 1 amide bonds. The van der Waals surface area contributed by atoms with Gasteiger partial charge < -0.3 is 4.90 Å². The van der Waals surface area contributed by atoms with Crippen LogP contribution in [0.25, 0.3) is 0 Å². The minimum Gasteiger partial charge on any atom is -0.318 e. The number of aryl methyl sites for hydroxylation is 1. The molecule has 2 rings (SSSR count). The van der Waals surface area contributed by atoms with Crippen molar-refractivity contribution in [2.45, 2.75) is 59.3 Å². The second kappa shape index (κ2) is 5.63. The first-order valence-electron chi connectivity index (χ1n) is 7.10.